The lowest BCUT2D eigenvalue weighted by Gasteiger charge is -2.20. The molecule has 0 aliphatic rings. The maximum Gasteiger partial charge on any atom is 0.273 e. The van der Waals surface area contributed by atoms with Crippen LogP contribution in [0.2, 0.25) is 0 Å². The number of nitrogens with zero attached hydrogens (tertiary/aromatic N) is 2. The summed E-state index contributed by atoms with van der Waals surface area (Å²) in [5.74, 6) is -0.0268. The minimum atomic E-state index is -0.415. The molecular weight excluding hydrogens is 246 g/mol. The molecule has 0 heterocycles. The number of benzene rings is 1. The summed E-state index contributed by atoms with van der Waals surface area (Å²) in [6, 6.07) is 6.15. The van der Waals surface area contributed by atoms with E-state index < -0.39 is 4.92 Å². The van der Waals surface area contributed by atoms with Crippen LogP contribution in [0.25, 0.3) is 0 Å². The van der Waals surface area contributed by atoms with E-state index in [9.17, 15) is 14.9 Å². The van der Waals surface area contributed by atoms with Crippen LogP contribution in [-0.4, -0.2) is 35.4 Å². The van der Waals surface area contributed by atoms with Crippen LogP contribution in [-0.2, 0) is 11.3 Å². The fraction of sp³-hybridized carbons (Fsp3) is 0.462. The standard InChI is InChI=1S/C13H19N3O3/c1-4-15(3)13(17)10(2)14-9-11-7-5-6-8-12(11)16(18)19/h5-8,10,14H,4,9H2,1-3H3. The number of carbonyl (C=O) groups is 1. The summed E-state index contributed by atoms with van der Waals surface area (Å²) in [5.41, 5.74) is 0.643. The van der Waals surface area contributed by atoms with E-state index in [0.29, 0.717) is 18.7 Å². The van der Waals surface area contributed by atoms with Gasteiger partial charge in [-0.2, -0.15) is 0 Å². The minimum Gasteiger partial charge on any atom is -0.345 e. The molecule has 0 aliphatic heterocycles. The first kappa shape index (κ1) is 15.1. The quantitative estimate of drug-likeness (QED) is 0.625. The van der Waals surface area contributed by atoms with Crippen molar-refractivity contribution < 1.29 is 9.72 Å². The predicted octanol–water partition coefficient (Wildman–Crippen LogP) is 1.55. The van der Waals surface area contributed by atoms with Gasteiger partial charge < -0.3 is 10.2 Å². The Kier molecular flexibility index (Phi) is 5.44. The Morgan fingerprint density at radius 3 is 2.68 bits per heavy atom. The Balaban J connectivity index is 2.67. The fourth-order valence-electron chi connectivity index (χ4n) is 1.68. The topological polar surface area (TPSA) is 75.5 Å². The van der Waals surface area contributed by atoms with Gasteiger partial charge in [0.1, 0.15) is 0 Å². The van der Waals surface area contributed by atoms with E-state index in [1.807, 2.05) is 6.92 Å². The van der Waals surface area contributed by atoms with Crippen LogP contribution in [0, 0.1) is 10.1 Å². The average Bonchev–Trinajstić information content (AvgIpc) is 2.43. The van der Waals surface area contributed by atoms with Crippen LogP contribution in [0.1, 0.15) is 19.4 Å². The molecule has 1 unspecified atom stereocenters. The van der Waals surface area contributed by atoms with Gasteiger partial charge in [0.25, 0.3) is 5.69 Å². The molecule has 19 heavy (non-hydrogen) atoms. The Morgan fingerprint density at radius 1 is 1.47 bits per heavy atom. The number of amides is 1. The number of nitrogens with one attached hydrogen (secondary N) is 1. The molecule has 1 aromatic carbocycles. The van der Waals surface area contributed by atoms with E-state index >= 15 is 0 Å². The summed E-state index contributed by atoms with van der Waals surface area (Å²) in [4.78, 5) is 23.9. The van der Waals surface area contributed by atoms with Gasteiger partial charge in [-0.15, -0.1) is 0 Å². The monoisotopic (exact) mass is 265 g/mol. The lowest BCUT2D eigenvalue weighted by atomic mass is 10.1. The summed E-state index contributed by atoms with van der Waals surface area (Å²) in [7, 11) is 1.73. The molecule has 104 valence electrons. The van der Waals surface area contributed by atoms with Crippen molar-refractivity contribution in [2.75, 3.05) is 13.6 Å². The van der Waals surface area contributed by atoms with Crippen molar-refractivity contribution in [3.8, 4) is 0 Å². The van der Waals surface area contributed by atoms with E-state index in [4.69, 9.17) is 0 Å². The second-order valence-electron chi connectivity index (χ2n) is 4.34. The zero-order valence-electron chi connectivity index (χ0n) is 11.4. The highest BCUT2D eigenvalue weighted by atomic mass is 16.6. The number of nitro benzene ring substituents is 1. The van der Waals surface area contributed by atoms with Crippen molar-refractivity contribution in [3.63, 3.8) is 0 Å². The molecule has 1 aromatic rings. The molecule has 1 rings (SSSR count). The second kappa shape index (κ2) is 6.84. The van der Waals surface area contributed by atoms with E-state index in [0.717, 1.165) is 0 Å². The third-order valence-corrected chi connectivity index (χ3v) is 3.01. The maximum absolute atomic E-state index is 11.8. The van der Waals surface area contributed by atoms with Gasteiger partial charge in [0.2, 0.25) is 5.91 Å². The van der Waals surface area contributed by atoms with Crippen LogP contribution < -0.4 is 5.32 Å². The zero-order chi connectivity index (χ0) is 14.4. The lowest BCUT2D eigenvalue weighted by Crippen LogP contribution is -2.42. The predicted molar refractivity (Wildman–Crippen MR) is 72.7 cm³/mol. The zero-order valence-corrected chi connectivity index (χ0v) is 11.4. The molecule has 1 atom stereocenters. The number of nitro groups is 1. The summed E-state index contributed by atoms with van der Waals surface area (Å²) < 4.78 is 0. The molecule has 1 N–H and O–H groups in total. The molecule has 0 radical (unpaired) electrons. The third-order valence-electron chi connectivity index (χ3n) is 3.01. The van der Waals surface area contributed by atoms with E-state index in [-0.39, 0.29) is 17.6 Å². The first-order valence-corrected chi connectivity index (χ1v) is 6.18. The molecule has 0 bridgehead atoms. The van der Waals surface area contributed by atoms with Gasteiger partial charge in [-0.25, -0.2) is 0 Å². The average molecular weight is 265 g/mol. The lowest BCUT2D eigenvalue weighted by molar-refractivity contribution is -0.385. The molecular formula is C13H19N3O3. The van der Waals surface area contributed by atoms with Crippen LogP contribution >= 0.6 is 0 Å². The van der Waals surface area contributed by atoms with Gasteiger partial charge in [0.15, 0.2) is 0 Å². The number of carbonyl (C=O) groups excluding carboxylic acids is 1. The van der Waals surface area contributed by atoms with Crippen LogP contribution in [0.15, 0.2) is 24.3 Å². The molecule has 0 saturated heterocycles. The van der Waals surface area contributed by atoms with Crippen LogP contribution in [0.3, 0.4) is 0 Å². The van der Waals surface area contributed by atoms with E-state index in [1.165, 1.54) is 6.07 Å². The van der Waals surface area contributed by atoms with Gasteiger partial charge >= 0.3 is 0 Å². The Labute approximate surface area is 112 Å². The van der Waals surface area contributed by atoms with Crippen molar-refractivity contribution in [2.45, 2.75) is 26.4 Å². The van der Waals surface area contributed by atoms with Crippen molar-refractivity contribution >= 4 is 11.6 Å². The minimum absolute atomic E-state index is 0.0268. The van der Waals surface area contributed by atoms with E-state index in [2.05, 4.69) is 5.32 Å². The highest BCUT2D eigenvalue weighted by Crippen LogP contribution is 2.17. The van der Waals surface area contributed by atoms with Crippen LogP contribution in [0.4, 0.5) is 5.69 Å². The Hall–Kier alpha value is -1.95. The number of para-hydroxylation sites is 1. The Bertz CT molecular complexity index is 462. The SMILES string of the molecule is CCN(C)C(=O)C(C)NCc1ccccc1[N+](=O)[O-]. The number of hydrogen-bond acceptors (Lipinski definition) is 4. The largest absolute Gasteiger partial charge is 0.345 e. The summed E-state index contributed by atoms with van der Waals surface area (Å²) in [6.07, 6.45) is 0. The summed E-state index contributed by atoms with van der Waals surface area (Å²) in [6.45, 7) is 4.58. The fourth-order valence-corrected chi connectivity index (χ4v) is 1.68. The smallest absolute Gasteiger partial charge is 0.273 e. The highest BCUT2D eigenvalue weighted by molar-refractivity contribution is 5.81. The summed E-state index contributed by atoms with van der Waals surface area (Å²) >= 11 is 0. The normalized spacial score (nSPS) is 11.9. The molecule has 6 heteroatoms. The van der Waals surface area contributed by atoms with Gasteiger partial charge in [-0.1, -0.05) is 18.2 Å². The van der Waals surface area contributed by atoms with Crippen molar-refractivity contribution in [1.82, 2.24) is 10.2 Å². The second-order valence-corrected chi connectivity index (χ2v) is 4.34. The molecule has 0 aliphatic carbocycles. The first-order chi connectivity index (χ1) is 8.97. The highest BCUT2D eigenvalue weighted by Gasteiger charge is 2.18. The molecule has 1 amide bonds. The van der Waals surface area contributed by atoms with E-state index in [1.54, 1.807) is 37.1 Å². The number of rotatable bonds is 6. The van der Waals surface area contributed by atoms with Gasteiger partial charge in [0.05, 0.1) is 11.0 Å². The third kappa shape index (κ3) is 4.03. The molecule has 0 spiro atoms. The maximum atomic E-state index is 11.8. The molecule has 0 fully saturated rings. The van der Waals surface area contributed by atoms with Gasteiger partial charge in [-0.05, 0) is 13.8 Å². The van der Waals surface area contributed by atoms with Gasteiger partial charge in [-0.3, -0.25) is 14.9 Å². The summed E-state index contributed by atoms with van der Waals surface area (Å²) in [5, 5.41) is 13.9. The van der Waals surface area contributed by atoms with Crippen molar-refractivity contribution in [1.29, 1.82) is 0 Å². The molecule has 0 aromatic heterocycles. The van der Waals surface area contributed by atoms with Crippen molar-refractivity contribution in [2.24, 2.45) is 0 Å². The van der Waals surface area contributed by atoms with Crippen molar-refractivity contribution in [3.05, 3.63) is 39.9 Å². The first-order valence-electron chi connectivity index (χ1n) is 6.18. The number of hydrogen-bond donors (Lipinski definition) is 1. The molecule has 6 nitrogen and oxygen atoms in total. The molecule has 0 saturated carbocycles. The Morgan fingerprint density at radius 2 is 2.11 bits per heavy atom. The number of likely N-dealkylation sites (N-methyl/N-ethyl adjacent to an activating group) is 1. The van der Waals surface area contributed by atoms with Crippen LogP contribution in [0.5, 0.6) is 0 Å². The van der Waals surface area contributed by atoms with Gasteiger partial charge in [0, 0.05) is 31.8 Å².